The molecule has 0 radical (unpaired) electrons. The Hall–Kier alpha value is -1.56. The minimum absolute atomic E-state index is 0. The number of benzene rings is 1. The first-order valence-electron chi connectivity index (χ1n) is 7.90. The number of nitrogens with one attached hydrogen (secondary N) is 2. The summed E-state index contributed by atoms with van der Waals surface area (Å²) < 4.78 is 1.79. The van der Waals surface area contributed by atoms with Gasteiger partial charge in [-0.2, -0.15) is 5.10 Å². The van der Waals surface area contributed by atoms with Crippen LogP contribution < -0.4 is 10.6 Å². The molecule has 2 aromatic rings. The fourth-order valence-corrected chi connectivity index (χ4v) is 3.46. The number of hydrogen-bond acceptors (Lipinski definition) is 3. The van der Waals surface area contributed by atoms with Crippen molar-refractivity contribution in [2.24, 2.45) is 0 Å². The van der Waals surface area contributed by atoms with E-state index in [0.29, 0.717) is 5.02 Å². The van der Waals surface area contributed by atoms with Crippen LogP contribution in [0.25, 0.3) is 0 Å². The van der Waals surface area contributed by atoms with E-state index in [1.807, 2.05) is 43.5 Å². The third kappa shape index (κ3) is 3.58. The Morgan fingerprint density at radius 3 is 2.67 bits per heavy atom. The van der Waals surface area contributed by atoms with Gasteiger partial charge in [-0.1, -0.05) is 29.8 Å². The van der Waals surface area contributed by atoms with Crippen LogP contribution in [0.15, 0.2) is 42.7 Å². The summed E-state index contributed by atoms with van der Waals surface area (Å²) in [5.41, 5.74) is 0.289. The van der Waals surface area contributed by atoms with Crippen molar-refractivity contribution in [1.29, 1.82) is 0 Å². The van der Waals surface area contributed by atoms with Gasteiger partial charge in [0.1, 0.15) is 5.54 Å². The molecule has 0 saturated carbocycles. The highest BCUT2D eigenvalue weighted by atomic mass is 35.5. The number of carbonyl (C=O) groups is 1. The van der Waals surface area contributed by atoms with Crippen LogP contribution in [0.5, 0.6) is 0 Å². The SMILES string of the molecule is CC(NC(=O)C1(n2cccn2)CCNCC1)c1ccccc1Cl.Cl. The first-order valence-corrected chi connectivity index (χ1v) is 8.27. The lowest BCUT2D eigenvalue weighted by Crippen LogP contribution is -2.55. The number of carbonyl (C=O) groups excluding carboxylic acids is 1. The fourth-order valence-electron chi connectivity index (χ4n) is 3.16. The van der Waals surface area contributed by atoms with Gasteiger partial charge in [-0.15, -0.1) is 12.4 Å². The van der Waals surface area contributed by atoms with Crippen LogP contribution >= 0.6 is 24.0 Å². The molecule has 0 aliphatic carbocycles. The molecule has 1 aromatic carbocycles. The predicted molar refractivity (Wildman–Crippen MR) is 97.6 cm³/mol. The second-order valence-electron chi connectivity index (χ2n) is 5.95. The maximum absolute atomic E-state index is 13.1. The minimum Gasteiger partial charge on any atom is -0.347 e. The molecule has 0 spiro atoms. The van der Waals surface area contributed by atoms with Gasteiger partial charge in [0.05, 0.1) is 6.04 Å². The maximum atomic E-state index is 13.1. The third-order valence-electron chi connectivity index (χ3n) is 4.52. The average molecular weight is 369 g/mol. The van der Waals surface area contributed by atoms with Crippen molar-refractivity contribution in [3.8, 4) is 0 Å². The average Bonchev–Trinajstić information content (AvgIpc) is 3.10. The molecule has 1 amide bonds. The van der Waals surface area contributed by atoms with E-state index in [1.165, 1.54) is 0 Å². The van der Waals surface area contributed by atoms with E-state index in [-0.39, 0.29) is 24.4 Å². The fraction of sp³-hybridized carbons (Fsp3) is 0.412. The number of piperidine rings is 1. The Morgan fingerprint density at radius 2 is 2.04 bits per heavy atom. The number of aromatic nitrogens is 2. The first kappa shape index (κ1) is 18.8. The third-order valence-corrected chi connectivity index (χ3v) is 4.86. The lowest BCUT2D eigenvalue weighted by Gasteiger charge is -2.37. The molecule has 1 aromatic heterocycles. The van der Waals surface area contributed by atoms with Crippen LogP contribution in [-0.4, -0.2) is 28.8 Å². The highest BCUT2D eigenvalue weighted by molar-refractivity contribution is 6.31. The Bertz CT molecular complexity index is 669. The van der Waals surface area contributed by atoms with Crippen molar-refractivity contribution in [1.82, 2.24) is 20.4 Å². The van der Waals surface area contributed by atoms with E-state index in [9.17, 15) is 4.79 Å². The molecule has 2 N–H and O–H groups in total. The summed E-state index contributed by atoms with van der Waals surface area (Å²) in [6.07, 6.45) is 5.02. The lowest BCUT2D eigenvalue weighted by atomic mass is 9.87. The number of hydrogen-bond donors (Lipinski definition) is 2. The summed E-state index contributed by atoms with van der Waals surface area (Å²) in [6.45, 7) is 3.55. The summed E-state index contributed by atoms with van der Waals surface area (Å²) >= 11 is 6.24. The van der Waals surface area contributed by atoms with Crippen LogP contribution in [0.2, 0.25) is 5.02 Å². The van der Waals surface area contributed by atoms with E-state index >= 15 is 0 Å². The molecule has 1 aliphatic heterocycles. The number of halogens is 2. The Labute approximate surface area is 153 Å². The van der Waals surface area contributed by atoms with Gasteiger partial charge in [-0.05, 0) is 50.6 Å². The number of rotatable bonds is 4. The van der Waals surface area contributed by atoms with Gasteiger partial charge in [0, 0.05) is 17.4 Å². The second-order valence-corrected chi connectivity index (χ2v) is 6.36. The van der Waals surface area contributed by atoms with E-state index in [0.717, 1.165) is 31.5 Å². The smallest absolute Gasteiger partial charge is 0.248 e. The van der Waals surface area contributed by atoms with Crippen molar-refractivity contribution < 1.29 is 4.79 Å². The quantitative estimate of drug-likeness (QED) is 0.871. The highest BCUT2D eigenvalue weighted by Crippen LogP contribution is 2.29. The molecule has 0 bridgehead atoms. The summed E-state index contributed by atoms with van der Waals surface area (Å²) in [5, 5.41) is 11.4. The maximum Gasteiger partial charge on any atom is 0.248 e. The van der Waals surface area contributed by atoms with Crippen LogP contribution in [0.4, 0.5) is 0 Å². The zero-order valence-corrected chi connectivity index (χ0v) is 15.1. The molecule has 2 heterocycles. The Balaban J connectivity index is 0.00000208. The molecule has 24 heavy (non-hydrogen) atoms. The first-order chi connectivity index (χ1) is 11.1. The zero-order chi connectivity index (χ0) is 16.3. The van der Waals surface area contributed by atoms with E-state index in [4.69, 9.17) is 11.6 Å². The molecule has 1 unspecified atom stereocenters. The molecule has 1 fully saturated rings. The molecule has 1 saturated heterocycles. The molecular weight excluding hydrogens is 347 g/mol. The molecular formula is C17H22Cl2N4O. The normalized spacial score (nSPS) is 17.6. The van der Waals surface area contributed by atoms with Gasteiger partial charge in [0.15, 0.2) is 0 Å². The summed E-state index contributed by atoms with van der Waals surface area (Å²) in [4.78, 5) is 13.1. The summed E-state index contributed by atoms with van der Waals surface area (Å²) in [6, 6.07) is 9.30. The van der Waals surface area contributed by atoms with Crippen molar-refractivity contribution in [2.45, 2.75) is 31.3 Å². The second kappa shape index (κ2) is 8.01. The van der Waals surface area contributed by atoms with Crippen LogP contribution in [0, 0.1) is 0 Å². The Morgan fingerprint density at radius 1 is 1.33 bits per heavy atom. The van der Waals surface area contributed by atoms with Crippen molar-refractivity contribution in [3.05, 3.63) is 53.3 Å². The predicted octanol–water partition coefficient (Wildman–Crippen LogP) is 2.91. The minimum atomic E-state index is -0.635. The van der Waals surface area contributed by atoms with Crippen LogP contribution in [-0.2, 0) is 10.3 Å². The topological polar surface area (TPSA) is 59.0 Å². The largest absolute Gasteiger partial charge is 0.347 e. The zero-order valence-electron chi connectivity index (χ0n) is 13.5. The monoisotopic (exact) mass is 368 g/mol. The van der Waals surface area contributed by atoms with Gasteiger partial charge in [0.2, 0.25) is 5.91 Å². The van der Waals surface area contributed by atoms with Gasteiger partial charge < -0.3 is 10.6 Å². The van der Waals surface area contributed by atoms with E-state index in [1.54, 1.807) is 10.9 Å². The Kier molecular flexibility index (Phi) is 6.27. The number of nitrogens with zero attached hydrogens (tertiary/aromatic N) is 2. The van der Waals surface area contributed by atoms with Crippen molar-refractivity contribution >= 4 is 29.9 Å². The number of amides is 1. The van der Waals surface area contributed by atoms with Gasteiger partial charge in [-0.3, -0.25) is 9.48 Å². The highest BCUT2D eigenvalue weighted by Gasteiger charge is 2.42. The molecule has 3 rings (SSSR count). The van der Waals surface area contributed by atoms with Gasteiger partial charge in [-0.25, -0.2) is 0 Å². The molecule has 5 nitrogen and oxygen atoms in total. The molecule has 1 aliphatic rings. The van der Waals surface area contributed by atoms with E-state index < -0.39 is 5.54 Å². The molecule has 1 atom stereocenters. The van der Waals surface area contributed by atoms with Crippen LogP contribution in [0.1, 0.15) is 31.4 Å². The molecule has 130 valence electrons. The lowest BCUT2D eigenvalue weighted by molar-refractivity contribution is -0.132. The van der Waals surface area contributed by atoms with Gasteiger partial charge in [0.25, 0.3) is 0 Å². The van der Waals surface area contributed by atoms with E-state index in [2.05, 4.69) is 15.7 Å². The van der Waals surface area contributed by atoms with Crippen LogP contribution in [0.3, 0.4) is 0 Å². The van der Waals surface area contributed by atoms with Crippen molar-refractivity contribution in [2.75, 3.05) is 13.1 Å². The standard InChI is InChI=1S/C17H21ClN4O.ClH/c1-13(14-5-2-3-6-15(14)18)21-16(23)17(7-10-19-11-8-17)22-12-4-9-20-22;/h2-6,9,12-13,19H,7-8,10-11H2,1H3,(H,21,23);1H. The van der Waals surface area contributed by atoms with Gasteiger partial charge >= 0.3 is 0 Å². The van der Waals surface area contributed by atoms with Crippen molar-refractivity contribution in [3.63, 3.8) is 0 Å². The molecule has 7 heteroatoms. The summed E-state index contributed by atoms with van der Waals surface area (Å²) in [7, 11) is 0. The summed E-state index contributed by atoms with van der Waals surface area (Å²) in [5.74, 6) is -0.00452.